The molecule has 0 heterocycles. The molecule has 22 heavy (non-hydrogen) atoms. The number of hydrogen-bond donors (Lipinski definition) is 2. The average Bonchev–Trinajstić information content (AvgIpc) is 2.46. The number of rotatable bonds is 5. The monoisotopic (exact) mass is 380 g/mol. The predicted octanol–water partition coefficient (Wildman–Crippen LogP) is 2.93. The number of carbonyl (C=O) groups excluding carboxylic acids is 2. The molecule has 0 bridgehead atoms. The molecule has 0 aliphatic carbocycles. The summed E-state index contributed by atoms with van der Waals surface area (Å²) in [5.74, 6) is -0.949. The van der Waals surface area contributed by atoms with Gasteiger partial charge in [-0.15, -0.1) is 0 Å². The van der Waals surface area contributed by atoms with Crippen molar-refractivity contribution in [1.29, 1.82) is 0 Å². The molecule has 2 aromatic carbocycles. The van der Waals surface area contributed by atoms with Crippen LogP contribution < -0.4 is 11.1 Å². The second-order valence-electron chi connectivity index (χ2n) is 4.77. The molecule has 0 radical (unpaired) electrons. The van der Waals surface area contributed by atoms with E-state index < -0.39 is 11.9 Å². The van der Waals surface area contributed by atoms with Crippen LogP contribution in [0.3, 0.4) is 0 Å². The maximum absolute atomic E-state index is 12.2. The largest absolute Gasteiger partial charge is 0.368 e. The van der Waals surface area contributed by atoms with Crippen LogP contribution in [0.15, 0.2) is 53.0 Å². The Morgan fingerprint density at radius 3 is 2.55 bits per heavy atom. The first-order chi connectivity index (χ1) is 10.5. The average molecular weight is 382 g/mol. The summed E-state index contributed by atoms with van der Waals surface area (Å²) in [6.07, 6.45) is 0.287. The summed E-state index contributed by atoms with van der Waals surface area (Å²) in [6, 6.07) is 13.2. The molecule has 2 amide bonds. The highest BCUT2D eigenvalue weighted by molar-refractivity contribution is 9.10. The molecule has 4 nitrogen and oxygen atoms in total. The van der Waals surface area contributed by atoms with Crippen LogP contribution in [-0.4, -0.2) is 17.9 Å². The van der Waals surface area contributed by atoms with Gasteiger partial charge in [0.1, 0.15) is 6.04 Å². The van der Waals surface area contributed by atoms with Crippen LogP contribution in [0.5, 0.6) is 0 Å². The molecule has 2 aromatic rings. The Labute approximate surface area is 141 Å². The standard InChI is InChI=1S/C16H14BrClN2O2/c17-12-5-2-4-11(9-12)16(22)20-14(15(19)21)8-10-3-1-6-13(18)7-10/h1-7,9,14H,8H2,(H2,19,21)(H,20,22)/t14-/m1/s1. The molecule has 0 aliphatic rings. The number of primary amides is 1. The molecular formula is C16H14BrClN2O2. The van der Waals surface area contributed by atoms with Gasteiger partial charge >= 0.3 is 0 Å². The molecule has 114 valence electrons. The summed E-state index contributed by atoms with van der Waals surface area (Å²) < 4.78 is 0.783. The normalized spacial score (nSPS) is 11.7. The highest BCUT2D eigenvalue weighted by Gasteiger charge is 2.19. The quantitative estimate of drug-likeness (QED) is 0.836. The van der Waals surface area contributed by atoms with Gasteiger partial charge in [-0.1, -0.05) is 45.7 Å². The van der Waals surface area contributed by atoms with E-state index in [1.54, 1.807) is 36.4 Å². The van der Waals surface area contributed by atoms with Crippen molar-refractivity contribution >= 4 is 39.3 Å². The van der Waals surface area contributed by atoms with Gasteiger partial charge in [-0.3, -0.25) is 9.59 Å². The predicted molar refractivity (Wildman–Crippen MR) is 89.7 cm³/mol. The lowest BCUT2D eigenvalue weighted by molar-refractivity contribution is -0.119. The van der Waals surface area contributed by atoms with Gasteiger partial charge in [0.05, 0.1) is 0 Å². The molecule has 1 atom stereocenters. The van der Waals surface area contributed by atoms with E-state index in [9.17, 15) is 9.59 Å². The van der Waals surface area contributed by atoms with Crippen LogP contribution in [0.1, 0.15) is 15.9 Å². The highest BCUT2D eigenvalue weighted by atomic mass is 79.9. The van der Waals surface area contributed by atoms with Crippen molar-refractivity contribution in [3.8, 4) is 0 Å². The summed E-state index contributed by atoms with van der Waals surface area (Å²) >= 11 is 9.22. The maximum Gasteiger partial charge on any atom is 0.251 e. The highest BCUT2D eigenvalue weighted by Crippen LogP contribution is 2.14. The molecule has 0 aromatic heterocycles. The minimum atomic E-state index is -0.801. The van der Waals surface area contributed by atoms with Gasteiger partial charge in [0, 0.05) is 21.5 Å². The Morgan fingerprint density at radius 2 is 1.91 bits per heavy atom. The van der Waals surface area contributed by atoms with E-state index in [0.29, 0.717) is 10.6 Å². The van der Waals surface area contributed by atoms with Crippen LogP contribution in [0, 0.1) is 0 Å². The first kappa shape index (κ1) is 16.5. The van der Waals surface area contributed by atoms with E-state index in [0.717, 1.165) is 10.0 Å². The van der Waals surface area contributed by atoms with E-state index in [2.05, 4.69) is 21.2 Å². The molecule has 0 saturated heterocycles. The zero-order valence-corrected chi connectivity index (χ0v) is 13.9. The Bertz CT molecular complexity index is 706. The molecule has 2 rings (SSSR count). The van der Waals surface area contributed by atoms with Gasteiger partial charge in [0.2, 0.25) is 5.91 Å². The SMILES string of the molecule is NC(=O)[C@@H](Cc1cccc(Cl)c1)NC(=O)c1cccc(Br)c1. The molecule has 0 spiro atoms. The lowest BCUT2D eigenvalue weighted by Gasteiger charge is -2.16. The molecular weight excluding hydrogens is 368 g/mol. The summed E-state index contributed by atoms with van der Waals surface area (Å²) in [6.45, 7) is 0. The summed E-state index contributed by atoms with van der Waals surface area (Å²) in [4.78, 5) is 23.8. The van der Waals surface area contributed by atoms with Gasteiger partial charge in [0.25, 0.3) is 5.91 Å². The van der Waals surface area contributed by atoms with Crippen LogP contribution in [0.25, 0.3) is 0 Å². The van der Waals surface area contributed by atoms with Crippen molar-refractivity contribution < 1.29 is 9.59 Å². The first-order valence-corrected chi connectivity index (χ1v) is 7.73. The van der Waals surface area contributed by atoms with Gasteiger partial charge in [0.15, 0.2) is 0 Å². The molecule has 0 aliphatic heterocycles. The van der Waals surface area contributed by atoms with Crippen molar-refractivity contribution in [1.82, 2.24) is 5.32 Å². The third-order valence-corrected chi connectivity index (χ3v) is 3.79. The number of amides is 2. The molecule has 0 fully saturated rings. The molecule has 0 unspecified atom stereocenters. The molecule has 6 heteroatoms. The fourth-order valence-corrected chi connectivity index (χ4v) is 2.61. The van der Waals surface area contributed by atoms with Gasteiger partial charge in [-0.2, -0.15) is 0 Å². The number of halogens is 2. The van der Waals surface area contributed by atoms with Crippen molar-refractivity contribution in [2.24, 2.45) is 5.73 Å². The minimum absolute atomic E-state index is 0.287. The third kappa shape index (κ3) is 4.58. The number of benzene rings is 2. The lowest BCUT2D eigenvalue weighted by Crippen LogP contribution is -2.45. The molecule has 0 saturated carbocycles. The van der Waals surface area contributed by atoms with Gasteiger partial charge < -0.3 is 11.1 Å². The number of nitrogens with one attached hydrogen (secondary N) is 1. The fraction of sp³-hybridized carbons (Fsp3) is 0.125. The Morgan fingerprint density at radius 1 is 1.18 bits per heavy atom. The summed E-state index contributed by atoms with van der Waals surface area (Å²) in [5.41, 5.74) is 6.66. The van der Waals surface area contributed by atoms with E-state index in [1.807, 2.05) is 12.1 Å². The zero-order valence-electron chi connectivity index (χ0n) is 11.6. The van der Waals surface area contributed by atoms with Crippen LogP contribution in [0.4, 0.5) is 0 Å². The number of hydrogen-bond acceptors (Lipinski definition) is 2. The summed E-state index contributed by atoms with van der Waals surface area (Å²) in [7, 11) is 0. The van der Waals surface area contributed by atoms with Crippen LogP contribution >= 0.6 is 27.5 Å². The Hall–Kier alpha value is -1.85. The molecule has 3 N–H and O–H groups in total. The fourth-order valence-electron chi connectivity index (χ4n) is 1.99. The first-order valence-electron chi connectivity index (χ1n) is 6.56. The second kappa shape index (κ2) is 7.42. The zero-order chi connectivity index (χ0) is 16.1. The third-order valence-electron chi connectivity index (χ3n) is 3.06. The summed E-state index contributed by atoms with van der Waals surface area (Å²) in [5, 5.41) is 3.22. The second-order valence-corrected chi connectivity index (χ2v) is 6.12. The number of carbonyl (C=O) groups is 2. The van der Waals surface area contributed by atoms with Crippen molar-refractivity contribution in [3.63, 3.8) is 0 Å². The van der Waals surface area contributed by atoms with E-state index in [1.165, 1.54) is 0 Å². The smallest absolute Gasteiger partial charge is 0.251 e. The Balaban J connectivity index is 2.12. The van der Waals surface area contributed by atoms with Crippen LogP contribution in [-0.2, 0) is 11.2 Å². The van der Waals surface area contributed by atoms with Crippen molar-refractivity contribution in [2.45, 2.75) is 12.5 Å². The van der Waals surface area contributed by atoms with Gasteiger partial charge in [-0.05, 0) is 35.9 Å². The number of nitrogens with two attached hydrogens (primary N) is 1. The maximum atomic E-state index is 12.2. The topological polar surface area (TPSA) is 72.2 Å². The van der Waals surface area contributed by atoms with E-state index in [4.69, 9.17) is 17.3 Å². The lowest BCUT2D eigenvalue weighted by atomic mass is 10.0. The minimum Gasteiger partial charge on any atom is -0.368 e. The van der Waals surface area contributed by atoms with E-state index >= 15 is 0 Å². The van der Waals surface area contributed by atoms with Gasteiger partial charge in [-0.25, -0.2) is 0 Å². The van der Waals surface area contributed by atoms with E-state index in [-0.39, 0.29) is 12.3 Å². The van der Waals surface area contributed by atoms with Crippen LogP contribution in [0.2, 0.25) is 5.02 Å². The van der Waals surface area contributed by atoms with Crippen molar-refractivity contribution in [2.75, 3.05) is 0 Å². The Kier molecular flexibility index (Phi) is 5.57. The van der Waals surface area contributed by atoms with Crippen molar-refractivity contribution in [3.05, 3.63) is 69.2 Å².